The molecule has 0 radical (unpaired) electrons. The lowest BCUT2D eigenvalue weighted by Crippen LogP contribution is -2.37. The molecule has 2 aromatic carbocycles. The average Bonchev–Trinajstić information content (AvgIpc) is 3.13. The summed E-state index contributed by atoms with van der Waals surface area (Å²) in [4.78, 5) is 23.6. The number of amides is 2. The number of hydrogen-bond acceptors (Lipinski definition) is 5. The van der Waals surface area contributed by atoms with Crippen LogP contribution in [0.5, 0.6) is 17.2 Å². The fourth-order valence-corrected chi connectivity index (χ4v) is 2.36. The molecule has 0 atom stereocenters. The molecule has 0 saturated heterocycles. The van der Waals surface area contributed by atoms with Gasteiger partial charge in [-0.05, 0) is 29.8 Å². The Bertz CT molecular complexity index is 764. The van der Waals surface area contributed by atoms with Crippen LogP contribution in [0, 0.1) is 0 Å². The molecule has 2 amide bonds. The third-order valence-corrected chi connectivity index (χ3v) is 3.71. The highest BCUT2D eigenvalue weighted by molar-refractivity contribution is 5.84. The van der Waals surface area contributed by atoms with Gasteiger partial charge in [0.05, 0.1) is 19.6 Å². The highest BCUT2D eigenvalue weighted by Crippen LogP contribution is 2.32. The summed E-state index contributed by atoms with van der Waals surface area (Å²) in [5, 5.41) is 5.32. The highest BCUT2D eigenvalue weighted by Gasteiger charge is 2.13. The Labute approximate surface area is 151 Å². The van der Waals surface area contributed by atoms with Crippen molar-refractivity contribution in [1.82, 2.24) is 10.6 Å². The van der Waals surface area contributed by atoms with E-state index in [2.05, 4.69) is 10.6 Å². The van der Waals surface area contributed by atoms with Crippen molar-refractivity contribution in [3.05, 3.63) is 54.1 Å². The van der Waals surface area contributed by atoms with Gasteiger partial charge in [-0.3, -0.25) is 9.59 Å². The van der Waals surface area contributed by atoms with Gasteiger partial charge in [-0.25, -0.2) is 0 Å². The summed E-state index contributed by atoms with van der Waals surface area (Å²) in [6, 6.07) is 14.7. The minimum absolute atomic E-state index is 0.0747. The number of nitrogens with one attached hydrogen (secondary N) is 2. The van der Waals surface area contributed by atoms with Crippen LogP contribution in [0.15, 0.2) is 48.5 Å². The standard InChI is InChI=1S/C19H20N2O5/c22-18(8-9-24-15-4-2-1-3-5-15)21-12-19(23)20-11-14-6-7-16-17(10-14)26-13-25-16/h1-7,10H,8-9,11-13H2,(H,20,23)(H,21,22). The Morgan fingerprint density at radius 2 is 1.77 bits per heavy atom. The number of ether oxygens (including phenoxy) is 3. The largest absolute Gasteiger partial charge is 0.493 e. The lowest BCUT2D eigenvalue weighted by Gasteiger charge is -2.08. The highest BCUT2D eigenvalue weighted by atomic mass is 16.7. The first-order chi connectivity index (χ1) is 12.7. The molecule has 7 heteroatoms. The molecule has 1 aliphatic heterocycles. The van der Waals surface area contributed by atoms with Crippen LogP contribution < -0.4 is 24.8 Å². The molecule has 1 heterocycles. The number of carbonyl (C=O) groups is 2. The summed E-state index contributed by atoms with van der Waals surface area (Å²) < 4.78 is 16.0. The van der Waals surface area contributed by atoms with Crippen molar-refractivity contribution in [3.63, 3.8) is 0 Å². The molecule has 3 rings (SSSR count). The molecule has 0 bridgehead atoms. The summed E-state index contributed by atoms with van der Waals surface area (Å²) in [6.45, 7) is 0.747. The second-order valence-electron chi connectivity index (χ2n) is 5.65. The molecule has 7 nitrogen and oxygen atoms in total. The van der Waals surface area contributed by atoms with Gasteiger partial charge >= 0.3 is 0 Å². The maximum Gasteiger partial charge on any atom is 0.239 e. The Morgan fingerprint density at radius 1 is 0.962 bits per heavy atom. The van der Waals surface area contributed by atoms with E-state index in [0.29, 0.717) is 23.8 Å². The van der Waals surface area contributed by atoms with Gasteiger partial charge in [0.2, 0.25) is 18.6 Å². The number of benzene rings is 2. The number of fused-ring (bicyclic) bond motifs is 1. The maximum absolute atomic E-state index is 11.8. The van der Waals surface area contributed by atoms with Crippen molar-refractivity contribution in [2.45, 2.75) is 13.0 Å². The van der Waals surface area contributed by atoms with Crippen molar-refractivity contribution < 1.29 is 23.8 Å². The topological polar surface area (TPSA) is 85.9 Å². The van der Waals surface area contributed by atoms with Crippen molar-refractivity contribution in [2.75, 3.05) is 19.9 Å². The molecule has 26 heavy (non-hydrogen) atoms. The fraction of sp³-hybridized carbons (Fsp3) is 0.263. The van der Waals surface area contributed by atoms with Crippen LogP contribution in [-0.2, 0) is 16.1 Å². The van der Waals surface area contributed by atoms with Crippen molar-refractivity contribution >= 4 is 11.8 Å². The molecular weight excluding hydrogens is 336 g/mol. The minimum Gasteiger partial charge on any atom is -0.493 e. The summed E-state index contributed by atoms with van der Waals surface area (Å²) in [5.74, 6) is 1.58. The van der Waals surface area contributed by atoms with Gasteiger partial charge in [0.15, 0.2) is 11.5 Å². The minimum atomic E-state index is -0.264. The van der Waals surface area contributed by atoms with E-state index in [4.69, 9.17) is 14.2 Å². The van der Waals surface area contributed by atoms with Gasteiger partial charge < -0.3 is 24.8 Å². The Morgan fingerprint density at radius 3 is 2.62 bits per heavy atom. The van der Waals surface area contributed by atoms with E-state index in [1.54, 1.807) is 6.07 Å². The molecule has 2 N–H and O–H groups in total. The molecule has 1 aliphatic rings. The van der Waals surface area contributed by atoms with Crippen molar-refractivity contribution in [3.8, 4) is 17.2 Å². The van der Waals surface area contributed by atoms with Gasteiger partial charge in [-0.1, -0.05) is 24.3 Å². The monoisotopic (exact) mass is 356 g/mol. The quantitative estimate of drug-likeness (QED) is 0.751. The Balaban J connectivity index is 1.31. The van der Waals surface area contributed by atoms with E-state index < -0.39 is 0 Å². The van der Waals surface area contributed by atoms with E-state index in [1.807, 2.05) is 42.5 Å². The third-order valence-electron chi connectivity index (χ3n) is 3.71. The molecule has 0 spiro atoms. The fourth-order valence-electron chi connectivity index (χ4n) is 2.36. The first-order valence-corrected chi connectivity index (χ1v) is 8.30. The van der Waals surface area contributed by atoms with Gasteiger partial charge in [0.1, 0.15) is 5.75 Å². The summed E-state index contributed by atoms with van der Waals surface area (Å²) in [6.07, 6.45) is 0.185. The normalized spacial score (nSPS) is 11.7. The van der Waals surface area contributed by atoms with Gasteiger partial charge in [0.25, 0.3) is 0 Å². The number of carbonyl (C=O) groups excluding carboxylic acids is 2. The predicted molar refractivity (Wildman–Crippen MR) is 94.0 cm³/mol. The molecule has 136 valence electrons. The zero-order valence-corrected chi connectivity index (χ0v) is 14.2. The van der Waals surface area contributed by atoms with E-state index in [9.17, 15) is 9.59 Å². The van der Waals surface area contributed by atoms with Crippen LogP contribution in [0.25, 0.3) is 0 Å². The van der Waals surface area contributed by atoms with Crippen LogP contribution in [0.1, 0.15) is 12.0 Å². The smallest absolute Gasteiger partial charge is 0.239 e. The van der Waals surface area contributed by atoms with Crippen LogP contribution in [0.4, 0.5) is 0 Å². The van der Waals surface area contributed by atoms with Crippen LogP contribution in [0.3, 0.4) is 0 Å². The van der Waals surface area contributed by atoms with E-state index in [-0.39, 0.29) is 38.2 Å². The van der Waals surface area contributed by atoms with Crippen LogP contribution >= 0.6 is 0 Å². The molecular formula is C19H20N2O5. The van der Waals surface area contributed by atoms with E-state index in [0.717, 1.165) is 5.56 Å². The molecule has 0 aliphatic carbocycles. The number of hydrogen-bond donors (Lipinski definition) is 2. The Kier molecular flexibility index (Phi) is 5.92. The lowest BCUT2D eigenvalue weighted by molar-refractivity contribution is -0.126. The maximum atomic E-state index is 11.8. The number of para-hydroxylation sites is 1. The lowest BCUT2D eigenvalue weighted by atomic mass is 10.2. The first kappa shape index (κ1) is 17.6. The first-order valence-electron chi connectivity index (χ1n) is 8.30. The molecule has 0 unspecified atom stereocenters. The molecule has 2 aromatic rings. The predicted octanol–water partition coefficient (Wildman–Crippen LogP) is 1.62. The van der Waals surface area contributed by atoms with Gasteiger partial charge in [-0.15, -0.1) is 0 Å². The second kappa shape index (κ2) is 8.75. The Hall–Kier alpha value is -3.22. The van der Waals surface area contributed by atoms with Crippen LogP contribution in [-0.4, -0.2) is 31.8 Å². The van der Waals surface area contributed by atoms with Crippen molar-refractivity contribution in [1.29, 1.82) is 0 Å². The van der Waals surface area contributed by atoms with E-state index in [1.165, 1.54) is 0 Å². The van der Waals surface area contributed by atoms with Gasteiger partial charge in [0, 0.05) is 6.54 Å². The van der Waals surface area contributed by atoms with Gasteiger partial charge in [-0.2, -0.15) is 0 Å². The summed E-state index contributed by atoms with van der Waals surface area (Å²) in [7, 11) is 0. The van der Waals surface area contributed by atoms with Crippen LogP contribution in [0.2, 0.25) is 0 Å². The molecule has 0 fully saturated rings. The zero-order valence-electron chi connectivity index (χ0n) is 14.2. The molecule has 0 aromatic heterocycles. The van der Waals surface area contributed by atoms with Crippen molar-refractivity contribution in [2.24, 2.45) is 0 Å². The van der Waals surface area contributed by atoms with E-state index >= 15 is 0 Å². The molecule has 0 saturated carbocycles. The SMILES string of the molecule is O=C(CCOc1ccccc1)NCC(=O)NCc1ccc2c(c1)OCO2. The second-order valence-corrected chi connectivity index (χ2v) is 5.65. The number of rotatable bonds is 8. The third kappa shape index (κ3) is 5.14. The zero-order chi connectivity index (χ0) is 18.2. The average molecular weight is 356 g/mol. The summed E-state index contributed by atoms with van der Waals surface area (Å²) >= 11 is 0. The summed E-state index contributed by atoms with van der Waals surface area (Å²) in [5.41, 5.74) is 0.894.